The van der Waals surface area contributed by atoms with Crippen molar-refractivity contribution in [1.29, 1.82) is 0 Å². The van der Waals surface area contributed by atoms with E-state index < -0.39 is 17.0 Å². The highest BCUT2D eigenvalue weighted by molar-refractivity contribution is 7.79. The lowest BCUT2D eigenvalue weighted by Crippen LogP contribution is -2.12. The molecular formula is C5H6N3O4S-. The molecule has 72 valence electrons. The quantitative estimate of drug-likeness (QED) is 0.608. The second-order valence-electron chi connectivity index (χ2n) is 2.03. The smallest absolute Gasteiger partial charge is 0.304 e. The Balaban J connectivity index is 2.59. The molecule has 13 heavy (non-hydrogen) atoms. The first kappa shape index (κ1) is 9.68. The zero-order chi connectivity index (χ0) is 9.84. The van der Waals surface area contributed by atoms with Crippen LogP contribution in [0.5, 0.6) is 0 Å². The summed E-state index contributed by atoms with van der Waals surface area (Å²) >= 11 is -2.23. The van der Waals surface area contributed by atoms with E-state index >= 15 is 0 Å². The van der Waals surface area contributed by atoms with Crippen molar-refractivity contribution in [3.05, 3.63) is 12.2 Å². The minimum absolute atomic E-state index is 0.151. The number of primary amides is 1. The van der Waals surface area contributed by atoms with Crippen molar-refractivity contribution in [1.82, 2.24) is 4.98 Å². The SMILES string of the molecule is NC(=O)c1nc(NCS(=O)[O-])co1. The first-order chi connectivity index (χ1) is 6.09. The summed E-state index contributed by atoms with van der Waals surface area (Å²) in [6.45, 7) is 0. The summed E-state index contributed by atoms with van der Waals surface area (Å²) in [6.07, 6.45) is 1.10. The Labute approximate surface area is 75.6 Å². The third kappa shape index (κ3) is 2.84. The van der Waals surface area contributed by atoms with E-state index in [1.54, 1.807) is 0 Å². The summed E-state index contributed by atoms with van der Waals surface area (Å²) < 4.78 is 24.8. The monoisotopic (exact) mass is 204 g/mol. The van der Waals surface area contributed by atoms with Gasteiger partial charge in [-0.1, -0.05) is 0 Å². The number of hydrogen-bond donors (Lipinski definition) is 2. The van der Waals surface area contributed by atoms with E-state index in [1.807, 2.05) is 0 Å². The predicted octanol–water partition coefficient (Wildman–Crippen LogP) is -0.978. The highest BCUT2D eigenvalue weighted by atomic mass is 32.2. The van der Waals surface area contributed by atoms with Crippen molar-refractivity contribution in [3.8, 4) is 0 Å². The van der Waals surface area contributed by atoms with Gasteiger partial charge in [0.15, 0.2) is 5.82 Å². The van der Waals surface area contributed by atoms with Gasteiger partial charge in [-0.3, -0.25) is 9.00 Å². The van der Waals surface area contributed by atoms with Crippen LogP contribution in [0.3, 0.4) is 0 Å². The largest absolute Gasteiger partial charge is 0.771 e. The van der Waals surface area contributed by atoms with Crippen LogP contribution in [0.15, 0.2) is 10.7 Å². The molecule has 0 saturated heterocycles. The van der Waals surface area contributed by atoms with Crippen molar-refractivity contribution in [2.24, 2.45) is 5.73 Å². The number of nitrogens with two attached hydrogens (primary N) is 1. The average molecular weight is 204 g/mol. The highest BCUT2D eigenvalue weighted by Gasteiger charge is 2.07. The Bertz CT molecular complexity index is 336. The Kier molecular flexibility index (Phi) is 2.98. The third-order valence-corrected chi connectivity index (χ3v) is 1.47. The standard InChI is InChI=1S/C5H7N3O4S/c6-4(9)5-8-3(1-12-5)7-2-13(10)11/h1,7H,2H2,(H2,6,9)(H,10,11)/p-1. The summed E-state index contributed by atoms with van der Waals surface area (Å²) in [5.74, 6) is -1.22. The van der Waals surface area contributed by atoms with Gasteiger partial charge in [-0.05, 0) is 11.1 Å². The molecule has 8 heteroatoms. The van der Waals surface area contributed by atoms with Crippen molar-refractivity contribution < 1.29 is 18.0 Å². The van der Waals surface area contributed by atoms with Crippen LogP contribution in [0.2, 0.25) is 0 Å². The lowest BCUT2D eigenvalue weighted by atomic mass is 10.6. The molecule has 0 aliphatic rings. The first-order valence-electron chi connectivity index (χ1n) is 3.14. The van der Waals surface area contributed by atoms with Crippen molar-refractivity contribution in [3.63, 3.8) is 0 Å². The third-order valence-electron chi connectivity index (χ3n) is 1.09. The van der Waals surface area contributed by atoms with Gasteiger partial charge in [0.05, 0.1) is 5.88 Å². The van der Waals surface area contributed by atoms with Crippen LogP contribution < -0.4 is 11.1 Å². The first-order valence-corrected chi connectivity index (χ1v) is 4.39. The van der Waals surface area contributed by atoms with E-state index in [1.165, 1.54) is 0 Å². The van der Waals surface area contributed by atoms with Gasteiger partial charge in [0, 0.05) is 0 Å². The molecule has 3 N–H and O–H groups in total. The molecule has 1 heterocycles. The lowest BCUT2D eigenvalue weighted by molar-refractivity contribution is 0.0967. The topological polar surface area (TPSA) is 121 Å². The Morgan fingerprint density at radius 3 is 3.00 bits per heavy atom. The van der Waals surface area contributed by atoms with Crippen LogP contribution in [-0.2, 0) is 11.1 Å². The van der Waals surface area contributed by atoms with Gasteiger partial charge in [-0.2, -0.15) is 4.98 Å². The molecule has 1 rings (SSSR count). The number of hydrogen-bond acceptors (Lipinski definition) is 6. The van der Waals surface area contributed by atoms with Crippen LogP contribution in [0.1, 0.15) is 10.7 Å². The number of amides is 1. The maximum Gasteiger partial charge on any atom is 0.304 e. The Hall–Kier alpha value is -1.41. The molecule has 0 radical (unpaired) electrons. The molecule has 0 fully saturated rings. The van der Waals surface area contributed by atoms with Crippen molar-refractivity contribution in [2.75, 3.05) is 11.2 Å². The predicted molar refractivity (Wildman–Crippen MR) is 42.4 cm³/mol. The molecule has 0 aliphatic heterocycles. The molecule has 0 bridgehead atoms. The second-order valence-corrected chi connectivity index (χ2v) is 2.92. The van der Waals surface area contributed by atoms with E-state index in [0.29, 0.717) is 0 Å². The second kappa shape index (κ2) is 4.01. The van der Waals surface area contributed by atoms with Crippen LogP contribution in [0, 0.1) is 0 Å². The van der Waals surface area contributed by atoms with Gasteiger partial charge in [0.25, 0.3) is 5.89 Å². The number of carbonyl (C=O) groups excluding carboxylic acids is 1. The van der Waals surface area contributed by atoms with Crippen LogP contribution in [0.25, 0.3) is 0 Å². The Morgan fingerprint density at radius 1 is 1.85 bits per heavy atom. The maximum absolute atomic E-state index is 10.5. The van der Waals surface area contributed by atoms with Gasteiger partial charge < -0.3 is 20.0 Å². The fraction of sp³-hybridized carbons (Fsp3) is 0.200. The van der Waals surface area contributed by atoms with Crippen LogP contribution >= 0.6 is 0 Å². The summed E-state index contributed by atoms with van der Waals surface area (Å²) in [7, 11) is 0. The molecule has 1 aromatic heterocycles. The Morgan fingerprint density at radius 2 is 2.54 bits per heavy atom. The fourth-order valence-electron chi connectivity index (χ4n) is 0.601. The zero-order valence-electron chi connectivity index (χ0n) is 6.35. The lowest BCUT2D eigenvalue weighted by Gasteiger charge is -2.03. The molecule has 1 aromatic rings. The zero-order valence-corrected chi connectivity index (χ0v) is 7.17. The van der Waals surface area contributed by atoms with Gasteiger partial charge in [0.2, 0.25) is 0 Å². The van der Waals surface area contributed by atoms with E-state index in [-0.39, 0.29) is 17.6 Å². The fourth-order valence-corrected chi connectivity index (χ4v) is 0.867. The van der Waals surface area contributed by atoms with Gasteiger partial charge in [-0.15, -0.1) is 0 Å². The summed E-state index contributed by atoms with van der Waals surface area (Å²) in [6, 6.07) is 0. The summed E-state index contributed by atoms with van der Waals surface area (Å²) in [4.78, 5) is 14.0. The molecule has 0 aromatic carbocycles. The minimum Gasteiger partial charge on any atom is -0.771 e. The highest BCUT2D eigenvalue weighted by Crippen LogP contribution is 2.05. The minimum atomic E-state index is -2.23. The number of oxazole rings is 1. The van der Waals surface area contributed by atoms with Crippen LogP contribution in [-0.4, -0.2) is 25.5 Å². The number of anilines is 1. The van der Waals surface area contributed by atoms with E-state index in [4.69, 9.17) is 5.73 Å². The molecule has 0 spiro atoms. The normalized spacial score (nSPS) is 12.4. The van der Waals surface area contributed by atoms with E-state index in [9.17, 15) is 13.6 Å². The number of carbonyl (C=O) groups is 1. The van der Waals surface area contributed by atoms with Gasteiger partial charge in [-0.25, -0.2) is 0 Å². The molecule has 1 amide bonds. The van der Waals surface area contributed by atoms with Crippen molar-refractivity contribution >= 4 is 22.8 Å². The number of nitrogens with one attached hydrogen (secondary N) is 1. The van der Waals surface area contributed by atoms with Gasteiger partial charge in [0.1, 0.15) is 6.26 Å². The molecule has 1 unspecified atom stereocenters. The van der Waals surface area contributed by atoms with Crippen LogP contribution in [0.4, 0.5) is 5.82 Å². The molecule has 7 nitrogen and oxygen atoms in total. The number of rotatable bonds is 4. The number of nitrogens with zero attached hydrogens (tertiary/aromatic N) is 1. The maximum atomic E-state index is 10.5. The average Bonchev–Trinajstić information content (AvgIpc) is 2.48. The van der Waals surface area contributed by atoms with E-state index in [0.717, 1.165) is 6.26 Å². The number of aromatic nitrogens is 1. The molecule has 1 atom stereocenters. The molecule has 0 aliphatic carbocycles. The summed E-state index contributed by atoms with van der Waals surface area (Å²) in [5, 5.41) is 2.39. The molecule has 0 saturated carbocycles. The van der Waals surface area contributed by atoms with Gasteiger partial charge >= 0.3 is 5.91 Å². The molecular weight excluding hydrogens is 198 g/mol. The van der Waals surface area contributed by atoms with Crippen molar-refractivity contribution in [2.45, 2.75) is 0 Å². The summed E-state index contributed by atoms with van der Waals surface area (Å²) in [5.41, 5.74) is 4.84. The van der Waals surface area contributed by atoms with E-state index in [2.05, 4.69) is 14.7 Å².